The third-order valence-electron chi connectivity index (χ3n) is 2.46. The Kier molecular flexibility index (Phi) is 3.91. The van der Waals surface area contributed by atoms with Gasteiger partial charge >= 0.3 is 0 Å². The van der Waals surface area contributed by atoms with Gasteiger partial charge in [-0.2, -0.15) is 5.10 Å². The molecule has 4 nitrogen and oxygen atoms in total. The molecule has 2 rings (SSSR count). The van der Waals surface area contributed by atoms with Gasteiger partial charge in [0.25, 0.3) is 0 Å². The largest absolute Gasteiger partial charge is 0.259 e. The third-order valence-corrected chi connectivity index (χ3v) is 3.94. The van der Waals surface area contributed by atoms with Gasteiger partial charge in [-0.3, -0.25) is 8.89 Å². The second-order valence-electron chi connectivity index (χ2n) is 3.66. The van der Waals surface area contributed by atoms with Crippen LogP contribution < -0.4 is 0 Å². The molecule has 0 aliphatic carbocycles. The number of hydrogen-bond acceptors (Lipinski definition) is 3. The van der Waals surface area contributed by atoms with Crippen molar-refractivity contribution < 1.29 is 4.21 Å². The van der Waals surface area contributed by atoms with E-state index >= 15 is 0 Å². The Bertz CT molecular complexity index is 498. The smallest absolute Gasteiger partial charge is 0.137 e. The lowest BCUT2D eigenvalue weighted by Gasteiger charge is -2.14. The highest BCUT2D eigenvalue weighted by molar-refractivity contribution is 7.84. The van der Waals surface area contributed by atoms with Crippen molar-refractivity contribution in [1.29, 1.82) is 0 Å². The molecule has 1 aromatic heterocycles. The third kappa shape index (κ3) is 3.14. The Hall–Kier alpha value is -1.20. The van der Waals surface area contributed by atoms with E-state index in [0.29, 0.717) is 11.6 Å². The fourth-order valence-corrected chi connectivity index (χ4v) is 2.61. The van der Waals surface area contributed by atoms with Crippen molar-refractivity contribution in [2.75, 3.05) is 6.26 Å². The van der Waals surface area contributed by atoms with Gasteiger partial charge in [-0.15, -0.1) is 0 Å². The van der Waals surface area contributed by atoms with E-state index in [0.717, 1.165) is 5.56 Å². The van der Waals surface area contributed by atoms with Crippen molar-refractivity contribution in [1.82, 2.24) is 14.8 Å². The van der Waals surface area contributed by atoms with E-state index in [9.17, 15) is 4.21 Å². The van der Waals surface area contributed by atoms with Gasteiger partial charge in [-0.1, -0.05) is 23.7 Å². The van der Waals surface area contributed by atoms with Crippen molar-refractivity contribution in [3.63, 3.8) is 0 Å². The lowest BCUT2D eigenvalue weighted by molar-refractivity contribution is 0.587. The highest BCUT2D eigenvalue weighted by atomic mass is 35.5. The summed E-state index contributed by atoms with van der Waals surface area (Å²) in [5, 5.41) is 4.60. The van der Waals surface area contributed by atoms with Crippen molar-refractivity contribution in [2.45, 2.75) is 11.8 Å². The number of halogens is 1. The fourth-order valence-electron chi connectivity index (χ4n) is 1.58. The highest BCUT2D eigenvalue weighted by Crippen LogP contribution is 2.22. The minimum Gasteiger partial charge on any atom is -0.259 e. The average Bonchev–Trinajstić information content (AvgIpc) is 2.80. The Labute approximate surface area is 107 Å². The fraction of sp³-hybridized carbons (Fsp3) is 0.273. The predicted molar refractivity (Wildman–Crippen MR) is 68.3 cm³/mol. The zero-order valence-corrected chi connectivity index (χ0v) is 10.9. The first-order chi connectivity index (χ1) is 8.16. The SMILES string of the molecule is CS(=O)C(Cn1cncn1)c1ccc(Cl)cc1. The summed E-state index contributed by atoms with van der Waals surface area (Å²) < 4.78 is 13.5. The summed E-state index contributed by atoms with van der Waals surface area (Å²) in [6.45, 7) is 0.546. The van der Waals surface area contributed by atoms with Crippen molar-refractivity contribution in [3.8, 4) is 0 Å². The second kappa shape index (κ2) is 5.42. The molecule has 0 fully saturated rings. The number of benzene rings is 1. The first-order valence-electron chi connectivity index (χ1n) is 5.07. The Morgan fingerprint density at radius 1 is 1.41 bits per heavy atom. The molecule has 0 spiro atoms. The molecule has 0 radical (unpaired) electrons. The topological polar surface area (TPSA) is 47.8 Å². The summed E-state index contributed by atoms with van der Waals surface area (Å²) >= 11 is 5.84. The van der Waals surface area contributed by atoms with Gasteiger partial charge in [0, 0.05) is 22.1 Å². The van der Waals surface area contributed by atoms with E-state index in [1.807, 2.05) is 12.1 Å². The van der Waals surface area contributed by atoms with Gasteiger partial charge in [0.1, 0.15) is 12.7 Å². The van der Waals surface area contributed by atoms with Gasteiger partial charge in [0.15, 0.2) is 0 Å². The molecule has 1 heterocycles. The molecule has 0 saturated carbocycles. The van der Waals surface area contributed by atoms with Crippen molar-refractivity contribution in [3.05, 3.63) is 47.5 Å². The summed E-state index contributed by atoms with van der Waals surface area (Å²) in [4.78, 5) is 3.87. The quantitative estimate of drug-likeness (QED) is 0.854. The van der Waals surface area contributed by atoms with Crippen LogP contribution in [0.4, 0.5) is 0 Å². The van der Waals surface area contributed by atoms with Crippen LogP contribution in [0.1, 0.15) is 10.8 Å². The summed E-state index contributed by atoms with van der Waals surface area (Å²) in [7, 11) is -0.977. The maximum Gasteiger partial charge on any atom is 0.137 e. The monoisotopic (exact) mass is 269 g/mol. The molecule has 0 bridgehead atoms. The Morgan fingerprint density at radius 2 is 2.12 bits per heavy atom. The minimum atomic E-state index is -0.977. The maximum atomic E-state index is 11.8. The van der Waals surface area contributed by atoms with Crippen LogP contribution in [0.15, 0.2) is 36.9 Å². The van der Waals surface area contributed by atoms with E-state index in [1.165, 1.54) is 6.33 Å². The molecule has 2 aromatic rings. The van der Waals surface area contributed by atoms with Gasteiger partial charge in [0.2, 0.25) is 0 Å². The molecule has 0 saturated heterocycles. The molecule has 90 valence electrons. The molecule has 1 aromatic carbocycles. The number of aromatic nitrogens is 3. The van der Waals surface area contributed by atoms with Crippen LogP contribution in [0.3, 0.4) is 0 Å². The zero-order chi connectivity index (χ0) is 12.3. The van der Waals surface area contributed by atoms with Crippen LogP contribution >= 0.6 is 11.6 Å². The standard InChI is InChI=1S/C11H12ClN3OS/c1-17(16)11(6-15-8-13-7-14-15)9-2-4-10(12)5-3-9/h2-5,7-8,11H,6H2,1H3. The summed E-state index contributed by atoms with van der Waals surface area (Å²) in [5.74, 6) is 0. The van der Waals surface area contributed by atoms with Gasteiger partial charge in [-0.25, -0.2) is 4.98 Å². The van der Waals surface area contributed by atoms with Gasteiger partial charge < -0.3 is 0 Å². The van der Waals surface area contributed by atoms with Crippen LogP contribution in [-0.2, 0) is 17.3 Å². The molecule has 6 heteroatoms. The molecule has 17 heavy (non-hydrogen) atoms. The van der Waals surface area contributed by atoms with Crippen LogP contribution in [-0.4, -0.2) is 25.2 Å². The van der Waals surface area contributed by atoms with Crippen molar-refractivity contribution in [2.24, 2.45) is 0 Å². The van der Waals surface area contributed by atoms with Crippen LogP contribution in [0.2, 0.25) is 5.02 Å². The summed E-state index contributed by atoms with van der Waals surface area (Å²) in [5.41, 5.74) is 0.991. The Balaban J connectivity index is 2.23. The lowest BCUT2D eigenvalue weighted by atomic mass is 10.1. The van der Waals surface area contributed by atoms with Crippen LogP contribution in [0.5, 0.6) is 0 Å². The molecule has 0 amide bonds. The predicted octanol–water partition coefficient (Wildman–Crippen LogP) is 2.05. The van der Waals surface area contributed by atoms with Gasteiger partial charge in [0.05, 0.1) is 11.8 Å². The van der Waals surface area contributed by atoms with Crippen LogP contribution in [0.25, 0.3) is 0 Å². The second-order valence-corrected chi connectivity index (χ2v) is 5.66. The summed E-state index contributed by atoms with van der Waals surface area (Å²) in [6.07, 6.45) is 4.78. The van der Waals surface area contributed by atoms with E-state index in [1.54, 1.807) is 29.4 Å². The number of rotatable bonds is 4. The first-order valence-corrected chi connectivity index (χ1v) is 7.07. The molecule has 2 unspecified atom stereocenters. The highest BCUT2D eigenvalue weighted by Gasteiger charge is 2.16. The molecular formula is C11H12ClN3OS. The average molecular weight is 270 g/mol. The molecule has 0 N–H and O–H groups in total. The molecule has 0 aliphatic rings. The summed E-state index contributed by atoms with van der Waals surface area (Å²) in [6, 6.07) is 7.40. The van der Waals surface area contributed by atoms with E-state index in [2.05, 4.69) is 10.1 Å². The van der Waals surface area contributed by atoms with E-state index in [4.69, 9.17) is 11.6 Å². The first kappa shape index (κ1) is 12.3. The Morgan fingerprint density at radius 3 is 2.65 bits per heavy atom. The van der Waals surface area contributed by atoms with Gasteiger partial charge in [-0.05, 0) is 17.7 Å². The lowest BCUT2D eigenvalue weighted by Crippen LogP contribution is -2.14. The van der Waals surface area contributed by atoms with Crippen LogP contribution in [0, 0.1) is 0 Å². The zero-order valence-electron chi connectivity index (χ0n) is 9.28. The van der Waals surface area contributed by atoms with E-state index in [-0.39, 0.29) is 5.25 Å². The molecule has 0 aliphatic heterocycles. The van der Waals surface area contributed by atoms with Crippen molar-refractivity contribution >= 4 is 22.4 Å². The minimum absolute atomic E-state index is 0.103. The number of nitrogens with zero attached hydrogens (tertiary/aromatic N) is 3. The molecule has 2 atom stereocenters. The van der Waals surface area contributed by atoms with E-state index < -0.39 is 10.8 Å². The molecular weight excluding hydrogens is 258 g/mol. The number of hydrogen-bond donors (Lipinski definition) is 0. The maximum absolute atomic E-state index is 11.8. The normalized spacial score (nSPS) is 14.5.